The van der Waals surface area contributed by atoms with Crippen molar-refractivity contribution in [2.75, 3.05) is 33.9 Å². The summed E-state index contributed by atoms with van der Waals surface area (Å²) < 4.78 is 5.22. The quantitative estimate of drug-likeness (QED) is 0.640. The van der Waals surface area contributed by atoms with Crippen molar-refractivity contribution in [1.29, 1.82) is 0 Å². The molecule has 0 aliphatic carbocycles. The van der Waals surface area contributed by atoms with Crippen LogP contribution in [0.2, 0.25) is 0 Å². The van der Waals surface area contributed by atoms with Crippen molar-refractivity contribution in [3.05, 3.63) is 0 Å². The second-order valence-corrected chi connectivity index (χ2v) is 3.97. The highest BCUT2D eigenvalue weighted by Gasteiger charge is 2.10. The van der Waals surface area contributed by atoms with E-state index in [1.807, 2.05) is 25.9 Å². The van der Waals surface area contributed by atoms with E-state index in [1.54, 1.807) is 6.92 Å². The molecular formula is C10H21NO3. The molecule has 0 aliphatic heterocycles. The molecule has 84 valence electrons. The lowest BCUT2D eigenvalue weighted by Gasteiger charge is -2.16. The summed E-state index contributed by atoms with van der Waals surface area (Å²) in [4.78, 5) is 12.7. The zero-order chi connectivity index (χ0) is 11.1. The molecule has 0 aromatic rings. The van der Waals surface area contributed by atoms with Gasteiger partial charge in [-0.25, -0.2) is 0 Å². The number of aliphatic hydroxyl groups is 1. The van der Waals surface area contributed by atoms with Crippen LogP contribution in [0.25, 0.3) is 0 Å². The molecule has 0 rings (SSSR count). The van der Waals surface area contributed by atoms with Crippen molar-refractivity contribution in [1.82, 2.24) is 4.90 Å². The zero-order valence-electron chi connectivity index (χ0n) is 9.49. The van der Waals surface area contributed by atoms with E-state index in [2.05, 4.69) is 0 Å². The molecular weight excluding hydrogens is 182 g/mol. The van der Waals surface area contributed by atoms with Gasteiger partial charge in [0.25, 0.3) is 0 Å². The fraction of sp³-hybridized carbons (Fsp3) is 0.900. The number of Topliss-reactive ketones (excluding diaryl/α,β-unsaturated/α-hetero) is 1. The minimum Gasteiger partial charge on any atom is -0.389 e. The second-order valence-electron chi connectivity index (χ2n) is 3.97. The largest absolute Gasteiger partial charge is 0.389 e. The van der Waals surface area contributed by atoms with Gasteiger partial charge in [-0.1, -0.05) is 6.92 Å². The molecule has 0 spiro atoms. The Morgan fingerprint density at radius 3 is 2.43 bits per heavy atom. The molecule has 0 saturated heterocycles. The lowest BCUT2D eigenvalue weighted by Crippen LogP contribution is -2.30. The summed E-state index contributed by atoms with van der Waals surface area (Å²) in [7, 11) is 3.78. The molecule has 4 nitrogen and oxygen atoms in total. The number of likely N-dealkylation sites (N-methyl/N-ethyl adjacent to an activating group) is 1. The smallest absolute Gasteiger partial charge is 0.134 e. The number of hydrogen-bond donors (Lipinski definition) is 1. The molecule has 0 heterocycles. The Hall–Kier alpha value is -0.450. The predicted octanol–water partition coefficient (Wildman–Crippen LogP) is 0.151. The number of aliphatic hydroxyl groups excluding tert-OH is 1. The average molecular weight is 203 g/mol. The summed E-state index contributed by atoms with van der Waals surface area (Å²) in [6.07, 6.45) is -0.482. The predicted molar refractivity (Wildman–Crippen MR) is 55.2 cm³/mol. The maximum atomic E-state index is 10.8. The van der Waals surface area contributed by atoms with Crippen molar-refractivity contribution in [2.45, 2.75) is 20.0 Å². The van der Waals surface area contributed by atoms with E-state index in [-0.39, 0.29) is 18.3 Å². The summed E-state index contributed by atoms with van der Waals surface area (Å²) in [6, 6.07) is 0. The van der Waals surface area contributed by atoms with E-state index in [1.165, 1.54) is 0 Å². The number of ketones is 1. The second kappa shape index (κ2) is 6.92. The SMILES string of the molecule is CC(=O)[C@H](C)COCC(O)CN(C)C. The highest BCUT2D eigenvalue weighted by molar-refractivity contribution is 5.77. The number of nitrogens with zero attached hydrogens (tertiary/aromatic N) is 1. The van der Waals surface area contributed by atoms with Gasteiger partial charge in [0.2, 0.25) is 0 Å². The molecule has 0 aliphatic rings. The Bertz CT molecular complexity index is 171. The fourth-order valence-corrected chi connectivity index (χ4v) is 0.972. The van der Waals surface area contributed by atoms with Crippen molar-refractivity contribution in [2.24, 2.45) is 5.92 Å². The van der Waals surface area contributed by atoms with Crippen LogP contribution in [0, 0.1) is 5.92 Å². The lowest BCUT2D eigenvalue weighted by molar-refractivity contribution is -0.122. The van der Waals surface area contributed by atoms with Gasteiger partial charge in [-0.05, 0) is 21.0 Å². The van der Waals surface area contributed by atoms with Crippen LogP contribution in [0.4, 0.5) is 0 Å². The van der Waals surface area contributed by atoms with Gasteiger partial charge in [0.1, 0.15) is 5.78 Å². The van der Waals surface area contributed by atoms with E-state index in [0.29, 0.717) is 13.2 Å². The standard InChI is InChI=1S/C10H21NO3/c1-8(9(2)12)6-14-7-10(13)5-11(3)4/h8,10,13H,5-7H2,1-4H3/t8-,10?/m1/s1. The third kappa shape index (κ3) is 7.00. The van der Waals surface area contributed by atoms with E-state index in [9.17, 15) is 9.90 Å². The Labute approximate surface area is 85.9 Å². The molecule has 0 radical (unpaired) electrons. The molecule has 0 aromatic heterocycles. The first-order valence-corrected chi connectivity index (χ1v) is 4.84. The summed E-state index contributed by atoms with van der Waals surface area (Å²) in [5, 5.41) is 9.42. The monoisotopic (exact) mass is 203 g/mol. The Morgan fingerprint density at radius 1 is 1.43 bits per heavy atom. The van der Waals surface area contributed by atoms with Gasteiger partial charge >= 0.3 is 0 Å². The third-order valence-electron chi connectivity index (χ3n) is 1.95. The summed E-state index contributed by atoms with van der Waals surface area (Å²) in [6.45, 7) is 4.62. The molecule has 2 atom stereocenters. The van der Waals surface area contributed by atoms with Crippen LogP contribution in [-0.4, -0.2) is 55.7 Å². The van der Waals surface area contributed by atoms with E-state index >= 15 is 0 Å². The fourth-order valence-electron chi connectivity index (χ4n) is 0.972. The van der Waals surface area contributed by atoms with Crippen LogP contribution in [0.3, 0.4) is 0 Å². The van der Waals surface area contributed by atoms with Crippen LogP contribution in [0.15, 0.2) is 0 Å². The molecule has 0 amide bonds. The minimum absolute atomic E-state index is 0.0819. The van der Waals surface area contributed by atoms with Crippen LogP contribution in [0.5, 0.6) is 0 Å². The Balaban J connectivity index is 3.48. The first-order valence-electron chi connectivity index (χ1n) is 4.84. The first-order chi connectivity index (χ1) is 6.43. The highest BCUT2D eigenvalue weighted by atomic mass is 16.5. The van der Waals surface area contributed by atoms with Gasteiger partial charge in [-0.3, -0.25) is 4.79 Å². The zero-order valence-corrected chi connectivity index (χ0v) is 9.49. The topological polar surface area (TPSA) is 49.8 Å². The molecule has 0 bridgehead atoms. The van der Waals surface area contributed by atoms with Gasteiger partial charge < -0.3 is 14.7 Å². The van der Waals surface area contributed by atoms with Crippen molar-refractivity contribution >= 4 is 5.78 Å². The van der Waals surface area contributed by atoms with E-state index in [0.717, 1.165) is 0 Å². The van der Waals surface area contributed by atoms with E-state index in [4.69, 9.17) is 4.74 Å². The molecule has 0 saturated carbocycles. The van der Waals surface area contributed by atoms with Crippen molar-refractivity contribution in [3.63, 3.8) is 0 Å². The maximum Gasteiger partial charge on any atom is 0.134 e. The minimum atomic E-state index is -0.482. The molecule has 14 heavy (non-hydrogen) atoms. The molecule has 0 aromatic carbocycles. The van der Waals surface area contributed by atoms with Gasteiger partial charge in [0, 0.05) is 12.5 Å². The van der Waals surface area contributed by atoms with Crippen LogP contribution in [-0.2, 0) is 9.53 Å². The normalized spacial score (nSPS) is 15.6. The number of hydrogen-bond acceptors (Lipinski definition) is 4. The summed E-state index contributed by atoms with van der Waals surface area (Å²) in [5.74, 6) is 0.0358. The number of carbonyl (C=O) groups excluding carboxylic acids is 1. The van der Waals surface area contributed by atoms with Gasteiger partial charge in [-0.15, -0.1) is 0 Å². The molecule has 1 N–H and O–H groups in total. The number of ether oxygens (including phenoxy) is 1. The summed E-state index contributed by atoms with van der Waals surface area (Å²) >= 11 is 0. The third-order valence-corrected chi connectivity index (χ3v) is 1.95. The number of rotatable bonds is 7. The molecule has 0 fully saturated rings. The van der Waals surface area contributed by atoms with Crippen molar-refractivity contribution < 1.29 is 14.6 Å². The Morgan fingerprint density at radius 2 is 2.00 bits per heavy atom. The van der Waals surface area contributed by atoms with Crippen LogP contribution >= 0.6 is 0 Å². The number of carbonyl (C=O) groups is 1. The molecule has 1 unspecified atom stereocenters. The lowest BCUT2D eigenvalue weighted by atomic mass is 10.1. The first kappa shape index (κ1) is 13.5. The van der Waals surface area contributed by atoms with Crippen LogP contribution < -0.4 is 0 Å². The average Bonchev–Trinajstić information content (AvgIpc) is 2.02. The van der Waals surface area contributed by atoms with Gasteiger partial charge in [-0.2, -0.15) is 0 Å². The van der Waals surface area contributed by atoms with Crippen LogP contribution in [0.1, 0.15) is 13.8 Å². The van der Waals surface area contributed by atoms with Gasteiger partial charge in [0.05, 0.1) is 19.3 Å². The van der Waals surface area contributed by atoms with Gasteiger partial charge in [0.15, 0.2) is 0 Å². The van der Waals surface area contributed by atoms with Crippen molar-refractivity contribution in [3.8, 4) is 0 Å². The van der Waals surface area contributed by atoms with E-state index < -0.39 is 6.10 Å². The summed E-state index contributed by atoms with van der Waals surface area (Å²) in [5.41, 5.74) is 0. The maximum absolute atomic E-state index is 10.8. The highest BCUT2D eigenvalue weighted by Crippen LogP contribution is 1.98. The molecule has 4 heteroatoms. The Kier molecular flexibility index (Phi) is 6.70.